The van der Waals surface area contributed by atoms with Gasteiger partial charge in [0.15, 0.2) is 0 Å². The highest BCUT2D eigenvalue weighted by Crippen LogP contribution is 2.20. The molecule has 24 heavy (non-hydrogen) atoms. The van der Waals surface area contributed by atoms with E-state index in [9.17, 15) is 14.9 Å². The highest BCUT2D eigenvalue weighted by atomic mass is 32.2. The number of para-hydroxylation sites is 1. The van der Waals surface area contributed by atoms with Crippen LogP contribution in [0, 0.1) is 10.1 Å². The van der Waals surface area contributed by atoms with Crippen molar-refractivity contribution < 1.29 is 9.72 Å². The number of aromatic nitrogens is 1. The molecule has 3 aromatic rings. The Labute approximate surface area is 142 Å². The molecule has 0 aliphatic heterocycles. The topological polar surface area (TPSA) is 85.1 Å². The van der Waals surface area contributed by atoms with Crippen molar-refractivity contribution in [3.8, 4) is 0 Å². The Hall–Kier alpha value is -2.93. The lowest BCUT2D eigenvalue weighted by atomic mass is 10.2. The second-order valence-electron chi connectivity index (χ2n) is 4.98. The number of benzene rings is 2. The lowest BCUT2D eigenvalue weighted by Gasteiger charge is -2.05. The zero-order valence-electron chi connectivity index (χ0n) is 12.5. The van der Waals surface area contributed by atoms with E-state index in [1.54, 1.807) is 0 Å². The number of amides is 1. The van der Waals surface area contributed by atoms with Crippen LogP contribution in [-0.4, -0.2) is 21.6 Å². The van der Waals surface area contributed by atoms with E-state index in [0.717, 1.165) is 15.9 Å². The number of nitrogens with one attached hydrogen (secondary N) is 1. The molecule has 0 spiro atoms. The van der Waals surface area contributed by atoms with Gasteiger partial charge in [-0.05, 0) is 24.3 Å². The van der Waals surface area contributed by atoms with E-state index >= 15 is 0 Å². The molecule has 1 heterocycles. The smallest absolute Gasteiger partial charge is 0.269 e. The summed E-state index contributed by atoms with van der Waals surface area (Å²) in [5.41, 5.74) is 1.40. The summed E-state index contributed by atoms with van der Waals surface area (Å²) < 4.78 is 0. The molecular weight excluding hydrogens is 326 g/mol. The molecule has 3 rings (SSSR count). The van der Waals surface area contributed by atoms with Crippen molar-refractivity contribution in [1.29, 1.82) is 0 Å². The third-order valence-corrected chi connectivity index (χ3v) is 4.22. The minimum Gasteiger partial charge on any atom is -0.325 e. The number of carbonyl (C=O) groups is 1. The molecular formula is C17H13N3O3S. The highest BCUT2D eigenvalue weighted by molar-refractivity contribution is 7.99. The molecule has 1 amide bonds. The molecule has 0 fully saturated rings. The summed E-state index contributed by atoms with van der Waals surface area (Å²) in [5, 5.41) is 15.1. The molecule has 2 aromatic carbocycles. The van der Waals surface area contributed by atoms with Gasteiger partial charge in [0.25, 0.3) is 5.69 Å². The molecule has 0 atom stereocenters. The van der Waals surface area contributed by atoms with E-state index in [1.807, 2.05) is 36.4 Å². The maximum Gasteiger partial charge on any atom is 0.269 e. The summed E-state index contributed by atoms with van der Waals surface area (Å²) in [6.45, 7) is 0. The van der Waals surface area contributed by atoms with E-state index in [-0.39, 0.29) is 17.3 Å². The summed E-state index contributed by atoms with van der Waals surface area (Å²) in [4.78, 5) is 26.6. The van der Waals surface area contributed by atoms with Gasteiger partial charge in [-0.2, -0.15) is 0 Å². The number of hydrogen-bond donors (Lipinski definition) is 1. The average molecular weight is 339 g/mol. The molecule has 1 N–H and O–H groups in total. The Balaban J connectivity index is 1.59. The molecule has 120 valence electrons. The Kier molecular flexibility index (Phi) is 4.72. The number of nitro groups is 1. The fourth-order valence-electron chi connectivity index (χ4n) is 2.13. The van der Waals surface area contributed by atoms with Crippen LogP contribution in [0.3, 0.4) is 0 Å². The standard InChI is InChI=1S/C17H13N3O3S/c21-16(18-13-6-8-14(9-7-13)20(22)23)11-24-17-10-5-12-3-1-2-4-15(12)19-17/h1-10H,11H2,(H,18,21). The molecule has 1 aromatic heterocycles. The third kappa shape index (κ3) is 3.88. The molecule has 6 nitrogen and oxygen atoms in total. The number of hydrogen-bond acceptors (Lipinski definition) is 5. The van der Waals surface area contributed by atoms with Crippen LogP contribution in [0.15, 0.2) is 65.7 Å². The number of non-ortho nitro benzene ring substituents is 1. The lowest BCUT2D eigenvalue weighted by Crippen LogP contribution is -2.14. The number of pyridine rings is 1. The van der Waals surface area contributed by atoms with Crippen LogP contribution in [0.5, 0.6) is 0 Å². The molecule has 0 radical (unpaired) electrons. The van der Waals surface area contributed by atoms with Gasteiger partial charge in [0, 0.05) is 23.2 Å². The van der Waals surface area contributed by atoms with Crippen molar-refractivity contribution in [3.63, 3.8) is 0 Å². The first-order chi connectivity index (χ1) is 11.6. The van der Waals surface area contributed by atoms with Crippen LogP contribution in [0.1, 0.15) is 0 Å². The van der Waals surface area contributed by atoms with Crippen molar-refractivity contribution >= 4 is 39.9 Å². The van der Waals surface area contributed by atoms with Crippen LogP contribution >= 0.6 is 11.8 Å². The van der Waals surface area contributed by atoms with Crippen molar-refractivity contribution in [2.24, 2.45) is 0 Å². The van der Waals surface area contributed by atoms with Gasteiger partial charge in [-0.25, -0.2) is 4.98 Å². The molecule has 0 bridgehead atoms. The Morgan fingerprint density at radius 2 is 1.83 bits per heavy atom. The van der Waals surface area contributed by atoms with Gasteiger partial charge in [0.05, 0.1) is 21.2 Å². The fourth-order valence-corrected chi connectivity index (χ4v) is 2.81. The molecule has 0 aliphatic rings. The Morgan fingerprint density at radius 3 is 2.58 bits per heavy atom. The van der Waals surface area contributed by atoms with Gasteiger partial charge in [-0.15, -0.1) is 0 Å². The maximum absolute atomic E-state index is 12.0. The van der Waals surface area contributed by atoms with Crippen LogP contribution in [0.4, 0.5) is 11.4 Å². The number of anilines is 1. The molecule has 7 heteroatoms. The summed E-state index contributed by atoms with van der Waals surface area (Å²) >= 11 is 1.34. The van der Waals surface area contributed by atoms with Gasteiger partial charge >= 0.3 is 0 Å². The van der Waals surface area contributed by atoms with E-state index in [1.165, 1.54) is 36.0 Å². The molecule has 0 aliphatic carbocycles. The summed E-state index contributed by atoms with van der Waals surface area (Å²) in [5.74, 6) is 0.0197. The number of fused-ring (bicyclic) bond motifs is 1. The van der Waals surface area contributed by atoms with Gasteiger partial charge in [0.1, 0.15) is 0 Å². The lowest BCUT2D eigenvalue weighted by molar-refractivity contribution is -0.384. The summed E-state index contributed by atoms with van der Waals surface area (Å²) in [6.07, 6.45) is 0. The molecule has 0 saturated heterocycles. The summed E-state index contributed by atoms with van der Waals surface area (Å²) in [6, 6.07) is 17.4. The van der Waals surface area contributed by atoms with Crippen molar-refractivity contribution in [2.45, 2.75) is 5.03 Å². The van der Waals surface area contributed by atoms with Crippen LogP contribution in [0.25, 0.3) is 10.9 Å². The van der Waals surface area contributed by atoms with E-state index < -0.39 is 4.92 Å². The van der Waals surface area contributed by atoms with E-state index in [2.05, 4.69) is 10.3 Å². The second kappa shape index (κ2) is 7.10. The molecule has 0 saturated carbocycles. The first-order valence-corrected chi connectivity index (χ1v) is 8.13. The minimum absolute atomic E-state index is 0.0114. The number of thioether (sulfide) groups is 1. The monoisotopic (exact) mass is 339 g/mol. The van der Waals surface area contributed by atoms with Gasteiger partial charge in [-0.1, -0.05) is 36.0 Å². The fraction of sp³-hybridized carbons (Fsp3) is 0.0588. The van der Waals surface area contributed by atoms with Crippen molar-refractivity contribution in [1.82, 2.24) is 4.98 Å². The van der Waals surface area contributed by atoms with Crippen LogP contribution in [0.2, 0.25) is 0 Å². The molecule has 0 unspecified atom stereocenters. The van der Waals surface area contributed by atoms with Gasteiger partial charge in [-0.3, -0.25) is 14.9 Å². The zero-order valence-corrected chi connectivity index (χ0v) is 13.3. The second-order valence-corrected chi connectivity index (χ2v) is 5.98. The van der Waals surface area contributed by atoms with Crippen LogP contribution in [-0.2, 0) is 4.79 Å². The van der Waals surface area contributed by atoms with Crippen LogP contribution < -0.4 is 5.32 Å². The summed E-state index contributed by atoms with van der Waals surface area (Å²) in [7, 11) is 0. The Bertz CT molecular complexity index is 897. The number of rotatable bonds is 5. The Morgan fingerprint density at radius 1 is 1.08 bits per heavy atom. The zero-order chi connectivity index (χ0) is 16.9. The quantitative estimate of drug-likeness (QED) is 0.433. The third-order valence-electron chi connectivity index (χ3n) is 3.29. The predicted octanol–water partition coefficient (Wildman–Crippen LogP) is 3.87. The first-order valence-electron chi connectivity index (χ1n) is 7.15. The highest BCUT2D eigenvalue weighted by Gasteiger charge is 2.08. The van der Waals surface area contributed by atoms with Crippen molar-refractivity contribution in [2.75, 3.05) is 11.1 Å². The minimum atomic E-state index is -0.479. The van der Waals surface area contributed by atoms with Gasteiger partial charge in [0.2, 0.25) is 5.91 Å². The largest absolute Gasteiger partial charge is 0.325 e. The normalized spacial score (nSPS) is 10.5. The number of carbonyl (C=O) groups excluding carboxylic acids is 1. The van der Waals surface area contributed by atoms with E-state index in [4.69, 9.17) is 0 Å². The maximum atomic E-state index is 12.0. The van der Waals surface area contributed by atoms with Gasteiger partial charge < -0.3 is 5.32 Å². The van der Waals surface area contributed by atoms with Crippen molar-refractivity contribution in [3.05, 3.63) is 70.8 Å². The number of nitrogens with zero attached hydrogens (tertiary/aromatic N) is 2. The average Bonchev–Trinajstić information content (AvgIpc) is 2.60. The SMILES string of the molecule is O=C(CSc1ccc2ccccc2n1)Nc1ccc([N+](=O)[O-])cc1. The predicted molar refractivity (Wildman–Crippen MR) is 94.2 cm³/mol. The first kappa shape index (κ1) is 15.9. The van der Waals surface area contributed by atoms with E-state index in [0.29, 0.717) is 5.69 Å². The number of nitro benzene ring substituents is 1.